The van der Waals surface area contributed by atoms with Crippen molar-refractivity contribution in [1.29, 1.82) is 0 Å². The van der Waals surface area contributed by atoms with Crippen molar-refractivity contribution in [1.82, 2.24) is 0 Å². The summed E-state index contributed by atoms with van der Waals surface area (Å²) >= 11 is 0. The van der Waals surface area contributed by atoms with Crippen molar-refractivity contribution < 1.29 is 19.4 Å². The molecule has 0 fully saturated rings. The fraction of sp³-hybridized carbons (Fsp3) is 0.778. The molecule has 0 aliphatic rings. The lowest BCUT2D eigenvalue weighted by atomic mass is 10.0. The van der Waals surface area contributed by atoms with Crippen LogP contribution in [0.5, 0.6) is 0 Å². The zero-order valence-corrected chi connectivity index (χ0v) is 14.2. The first-order valence-electron chi connectivity index (χ1n) is 8.60. The Morgan fingerprint density at radius 2 is 1.45 bits per heavy atom. The molecule has 0 saturated carbocycles. The second kappa shape index (κ2) is 14.6. The number of carboxylic acids is 1. The Hall–Kier alpha value is -1.32. The molecule has 0 spiro atoms. The maximum Gasteiger partial charge on any atom is 0.323 e. The van der Waals surface area contributed by atoms with E-state index in [2.05, 4.69) is 11.7 Å². The van der Waals surface area contributed by atoms with Gasteiger partial charge in [0.15, 0.2) is 5.92 Å². The molecule has 4 nitrogen and oxygen atoms in total. The smallest absolute Gasteiger partial charge is 0.323 e. The number of methoxy groups -OCH3 is 1. The molecule has 0 rings (SSSR count). The van der Waals surface area contributed by atoms with E-state index in [0.717, 1.165) is 19.3 Å². The molecule has 0 saturated heterocycles. The number of ether oxygens (including phenoxy) is 1. The zero-order chi connectivity index (χ0) is 16.6. The van der Waals surface area contributed by atoms with Crippen molar-refractivity contribution in [3.63, 3.8) is 0 Å². The molecule has 0 heterocycles. The van der Waals surface area contributed by atoms with E-state index in [-0.39, 0.29) is 0 Å². The van der Waals surface area contributed by atoms with Crippen LogP contribution in [0.2, 0.25) is 0 Å². The first-order valence-corrected chi connectivity index (χ1v) is 8.60. The Morgan fingerprint density at radius 3 is 1.91 bits per heavy atom. The fourth-order valence-corrected chi connectivity index (χ4v) is 2.37. The number of allylic oxidation sites excluding steroid dienone is 1. The summed E-state index contributed by atoms with van der Waals surface area (Å²) in [4.78, 5) is 22.1. The van der Waals surface area contributed by atoms with Gasteiger partial charge >= 0.3 is 11.9 Å². The highest BCUT2D eigenvalue weighted by atomic mass is 16.5. The summed E-state index contributed by atoms with van der Waals surface area (Å²) in [6.45, 7) is 2.23. The summed E-state index contributed by atoms with van der Waals surface area (Å²) in [5.41, 5.74) is 0. The van der Waals surface area contributed by atoms with Crippen molar-refractivity contribution in [2.24, 2.45) is 5.92 Å². The largest absolute Gasteiger partial charge is 0.480 e. The molecule has 0 radical (unpaired) electrons. The lowest BCUT2D eigenvalue weighted by Gasteiger charge is -2.04. The first-order chi connectivity index (χ1) is 10.6. The molecule has 0 aliphatic heterocycles. The van der Waals surface area contributed by atoms with Crippen molar-refractivity contribution in [2.45, 2.75) is 77.6 Å². The van der Waals surface area contributed by atoms with Gasteiger partial charge in [-0.3, -0.25) is 9.59 Å². The molecule has 0 amide bonds. The SMILES string of the molecule is CCCCCCCCCCCCC=CC(C(=O)O)C(=O)OC. The molecule has 1 unspecified atom stereocenters. The number of carbonyl (C=O) groups excluding carboxylic acids is 1. The van der Waals surface area contributed by atoms with Gasteiger partial charge in [-0.2, -0.15) is 0 Å². The molecule has 0 aromatic heterocycles. The van der Waals surface area contributed by atoms with Gasteiger partial charge in [0.05, 0.1) is 7.11 Å². The summed E-state index contributed by atoms with van der Waals surface area (Å²) in [5.74, 6) is -3.05. The molecule has 4 heteroatoms. The summed E-state index contributed by atoms with van der Waals surface area (Å²) in [6.07, 6.45) is 16.8. The van der Waals surface area contributed by atoms with E-state index in [4.69, 9.17) is 5.11 Å². The van der Waals surface area contributed by atoms with Gasteiger partial charge in [-0.15, -0.1) is 0 Å². The topological polar surface area (TPSA) is 63.6 Å². The van der Waals surface area contributed by atoms with Crippen LogP contribution in [0, 0.1) is 5.92 Å². The minimum absolute atomic E-state index is 0.716. The van der Waals surface area contributed by atoms with E-state index in [1.165, 1.54) is 64.6 Å². The second-order valence-corrected chi connectivity index (χ2v) is 5.74. The third kappa shape index (κ3) is 11.4. The van der Waals surface area contributed by atoms with Gasteiger partial charge < -0.3 is 9.84 Å². The summed E-state index contributed by atoms with van der Waals surface area (Å²) in [5, 5.41) is 8.90. The highest BCUT2D eigenvalue weighted by Crippen LogP contribution is 2.12. The molecule has 1 N–H and O–H groups in total. The zero-order valence-electron chi connectivity index (χ0n) is 14.2. The number of aliphatic carboxylic acids is 1. The molecule has 1 atom stereocenters. The number of carboxylic acid groups (broad SMARTS) is 1. The highest BCUT2D eigenvalue weighted by Gasteiger charge is 2.23. The minimum atomic E-state index is -1.17. The van der Waals surface area contributed by atoms with Crippen LogP contribution in [-0.2, 0) is 14.3 Å². The van der Waals surface area contributed by atoms with Crippen molar-refractivity contribution >= 4 is 11.9 Å². The number of esters is 1. The third-order valence-corrected chi connectivity index (χ3v) is 3.77. The average molecular weight is 312 g/mol. The maximum absolute atomic E-state index is 11.2. The molecule has 0 aromatic carbocycles. The minimum Gasteiger partial charge on any atom is -0.480 e. The Kier molecular flexibility index (Phi) is 13.7. The van der Waals surface area contributed by atoms with Crippen LogP contribution in [0.4, 0.5) is 0 Å². The number of hydrogen-bond acceptors (Lipinski definition) is 3. The monoisotopic (exact) mass is 312 g/mol. The summed E-state index contributed by atoms with van der Waals surface area (Å²) in [7, 11) is 1.20. The Morgan fingerprint density at radius 1 is 0.955 bits per heavy atom. The predicted octanol–water partition coefficient (Wildman–Crippen LogP) is 4.73. The molecule has 128 valence electrons. The van der Waals surface area contributed by atoms with Crippen LogP contribution in [0.25, 0.3) is 0 Å². The molecular formula is C18H32O4. The normalized spacial score (nSPS) is 12.5. The Labute approximate surface area is 134 Å². The molecule has 0 bridgehead atoms. The van der Waals surface area contributed by atoms with Gasteiger partial charge in [0.1, 0.15) is 0 Å². The first kappa shape index (κ1) is 20.7. The van der Waals surface area contributed by atoms with Gasteiger partial charge in [0.2, 0.25) is 0 Å². The third-order valence-electron chi connectivity index (χ3n) is 3.77. The molecule has 22 heavy (non-hydrogen) atoms. The predicted molar refractivity (Wildman–Crippen MR) is 88.7 cm³/mol. The number of hydrogen-bond donors (Lipinski definition) is 1. The van der Waals surface area contributed by atoms with E-state index in [9.17, 15) is 9.59 Å². The second-order valence-electron chi connectivity index (χ2n) is 5.74. The van der Waals surface area contributed by atoms with Crippen molar-refractivity contribution in [3.8, 4) is 0 Å². The lowest BCUT2D eigenvalue weighted by molar-refractivity contribution is -0.154. The van der Waals surface area contributed by atoms with Crippen LogP contribution >= 0.6 is 0 Å². The Bertz CT molecular complexity index is 323. The standard InChI is InChI=1S/C18H32O4/c1-3-4-5-6-7-8-9-10-11-12-13-14-15-16(17(19)20)18(21)22-2/h14-16H,3-13H2,1-2H3,(H,19,20). The van der Waals surface area contributed by atoms with Crippen LogP contribution in [0.3, 0.4) is 0 Å². The summed E-state index contributed by atoms with van der Waals surface area (Å²) < 4.78 is 4.46. The quantitative estimate of drug-likeness (QED) is 0.218. The van der Waals surface area contributed by atoms with Gasteiger partial charge in [-0.1, -0.05) is 76.9 Å². The van der Waals surface area contributed by atoms with Gasteiger partial charge in [-0.25, -0.2) is 0 Å². The van der Waals surface area contributed by atoms with Crippen LogP contribution in [0.1, 0.15) is 77.6 Å². The van der Waals surface area contributed by atoms with Gasteiger partial charge in [0.25, 0.3) is 0 Å². The van der Waals surface area contributed by atoms with Crippen LogP contribution < -0.4 is 0 Å². The molecule has 0 aliphatic carbocycles. The highest BCUT2D eigenvalue weighted by molar-refractivity contribution is 5.95. The van der Waals surface area contributed by atoms with E-state index < -0.39 is 17.9 Å². The van der Waals surface area contributed by atoms with E-state index in [1.54, 1.807) is 6.08 Å². The number of rotatable bonds is 14. The molecule has 0 aromatic rings. The van der Waals surface area contributed by atoms with Crippen molar-refractivity contribution in [3.05, 3.63) is 12.2 Å². The maximum atomic E-state index is 11.2. The number of unbranched alkanes of at least 4 members (excludes halogenated alkanes) is 10. The van der Waals surface area contributed by atoms with E-state index in [1.807, 2.05) is 0 Å². The number of carbonyl (C=O) groups is 2. The van der Waals surface area contributed by atoms with E-state index >= 15 is 0 Å². The summed E-state index contributed by atoms with van der Waals surface area (Å²) in [6, 6.07) is 0. The molecular weight excluding hydrogens is 280 g/mol. The lowest BCUT2D eigenvalue weighted by Crippen LogP contribution is -2.22. The van der Waals surface area contributed by atoms with Crippen LogP contribution in [0.15, 0.2) is 12.2 Å². The van der Waals surface area contributed by atoms with Gasteiger partial charge in [0, 0.05) is 0 Å². The van der Waals surface area contributed by atoms with Gasteiger partial charge in [-0.05, 0) is 12.8 Å². The van der Waals surface area contributed by atoms with E-state index in [0.29, 0.717) is 0 Å². The van der Waals surface area contributed by atoms with Crippen molar-refractivity contribution in [2.75, 3.05) is 7.11 Å². The van der Waals surface area contributed by atoms with Crippen LogP contribution in [-0.4, -0.2) is 24.2 Å². The fourth-order valence-electron chi connectivity index (χ4n) is 2.37. The Balaban J connectivity index is 3.53. The average Bonchev–Trinajstić information content (AvgIpc) is 2.51.